The third kappa shape index (κ3) is 3.46. The summed E-state index contributed by atoms with van der Waals surface area (Å²) in [6.07, 6.45) is -0.164. The lowest BCUT2D eigenvalue weighted by molar-refractivity contribution is -0.107. The topological polar surface area (TPSA) is 73.6 Å². The van der Waals surface area contributed by atoms with Gasteiger partial charge in [0.2, 0.25) is 0 Å². The van der Waals surface area contributed by atoms with Crippen LogP contribution < -0.4 is 15.8 Å². The molecule has 2 rings (SSSR count). The number of ether oxygens (including phenoxy) is 2. The summed E-state index contributed by atoms with van der Waals surface area (Å²) in [7, 11) is 0. The van der Waals surface area contributed by atoms with E-state index in [0.717, 1.165) is 6.54 Å². The molecule has 5 nitrogen and oxygen atoms in total. The Balaban J connectivity index is 2.04. The van der Waals surface area contributed by atoms with E-state index in [4.69, 9.17) is 15.2 Å². The fourth-order valence-corrected chi connectivity index (χ4v) is 2.21. The highest BCUT2D eigenvalue weighted by Crippen LogP contribution is 2.22. The van der Waals surface area contributed by atoms with Crippen LogP contribution in [0.15, 0.2) is 18.2 Å². The molecule has 1 aliphatic rings. The first-order chi connectivity index (χ1) is 9.39. The van der Waals surface area contributed by atoms with Gasteiger partial charge in [0.05, 0.1) is 5.60 Å². The molecule has 110 valence electrons. The highest BCUT2D eigenvalue weighted by Gasteiger charge is 2.29. The number of morpholine rings is 1. The van der Waals surface area contributed by atoms with Crippen molar-refractivity contribution in [3.05, 3.63) is 29.6 Å². The molecule has 0 radical (unpaired) electrons. The van der Waals surface area contributed by atoms with Gasteiger partial charge in [-0.3, -0.25) is 4.79 Å². The lowest BCUT2D eigenvalue weighted by Crippen LogP contribution is -2.52. The number of halogens is 1. The van der Waals surface area contributed by atoms with Crippen molar-refractivity contribution >= 4 is 5.91 Å². The maximum absolute atomic E-state index is 13.6. The Morgan fingerprint density at radius 2 is 2.35 bits per heavy atom. The van der Waals surface area contributed by atoms with Crippen LogP contribution in [0.2, 0.25) is 0 Å². The Kier molecular flexibility index (Phi) is 4.25. The van der Waals surface area contributed by atoms with E-state index in [1.54, 1.807) is 0 Å². The standard InChI is InChI=1S/C14H19FN2O3/c1-14(2)8-17-6-9(20-14)7-19-11-5-3-4-10(15)12(11)13(16)18/h3-5,9,17H,6-8H2,1-2H3,(H2,16,18). The number of nitrogens with one attached hydrogen (secondary N) is 1. The van der Waals surface area contributed by atoms with Gasteiger partial charge >= 0.3 is 0 Å². The average Bonchev–Trinajstić information content (AvgIpc) is 2.34. The number of rotatable bonds is 4. The van der Waals surface area contributed by atoms with Crippen LogP contribution >= 0.6 is 0 Å². The van der Waals surface area contributed by atoms with Gasteiger partial charge in [-0.2, -0.15) is 0 Å². The van der Waals surface area contributed by atoms with E-state index in [-0.39, 0.29) is 29.6 Å². The van der Waals surface area contributed by atoms with Crippen LogP contribution in [0.1, 0.15) is 24.2 Å². The molecule has 1 unspecified atom stereocenters. The smallest absolute Gasteiger partial charge is 0.255 e. The van der Waals surface area contributed by atoms with Crippen LogP contribution in [0, 0.1) is 5.82 Å². The number of nitrogens with two attached hydrogens (primary N) is 1. The monoisotopic (exact) mass is 282 g/mol. The van der Waals surface area contributed by atoms with E-state index in [1.165, 1.54) is 18.2 Å². The molecule has 0 bridgehead atoms. The SMILES string of the molecule is CC1(C)CNCC(COc2cccc(F)c2C(N)=O)O1. The fourth-order valence-electron chi connectivity index (χ4n) is 2.21. The number of carbonyl (C=O) groups excluding carboxylic acids is 1. The molecule has 1 atom stereocenters. The van der Waals surface area contributed by atoms with Crippen molar-refractivity contribution in [1.82, 2.24) is 5.32 Å². The van der Waals surface area contributed by atoms with Gasteiger partial charge in [-0.1, -0.05) is 6.07 Å². The first-order valence-corrected chi connectivity index (χ1v) is 6.49. The molecule has 0 spiro atoms. The molecule has 0 aliphatic carbocycles. The summed E-state index contributed by atoms with van der Waals surface area (Å²) >= 11 is 0. The zero-order valence-corrected chi connectivity index (χ0v) is 11.6. The number of benzene rings is 1. The summed E-state index contributed by atoms with van der Waals surface area (Å²) < 4.78 is 24.9. The molecular weight excluding hydrogens is 263 g/mol. The summed E-state index contributed by atoms with van der Waals surface area (Å²) in [4.78, 5) is 11.3. The first kappa shape index (κ1) is 14.7. The minimum Gasteiger partial charge on any atom is -0.490 e. The van der Waals surface area contributed by atoms with E-state index in [1.807, 2.05) is 13.8 Å². The molecule has 0 aromatic heterocycles. The Morgan fingerprint density at radius 1 is 1.60 bits per heavy atom. The molecule has 1 aliphatic heterocycles. The van der Waals surface area contributed by atoms with E-state index in [2.05, 4.69) is 5.32 Å². The molecular formula is C14H19FN2O3. The van der Waals surface area contributed by atoms with E-state index in [9.17, 15) is 9.18 Å². The zero-order chi connectivity index (χ0) is 14.8. The predicted molar refractivity (Wildman–Crippen MR) is 72.2 cm³/mol. The second kappa shape index (κ2) is 5.76. The Labute approximate surface area is 117 Å². The minimum atomic E-state index is -0.846. The summed E-state index contributed by atoms with van der Waals surface area (Å²) in [6.45, 7) is 5.58. The number of amides is 1. The lowest BCUT2D eigenvalue weighted by Gasteiger charge is -2.36. The largest absolute Gasteiger partial charge is 0.490 e. The molecule has 1 heterocycles. The normalized spacial score (nSPS) is 21.4. The number of carbonyl (C=O) groups is 1. The van der Waals surface area contributed by atoms with Crippen molar-refractivity contribution in [3.63, 3.8) is 0 Å². The van der Waals surface area contributed by atoms with Gasteiger partial charge in [0.25, 0.3) is 5.91 Å². The number of hydrogen-bond acceptors (Lipinski definition) is 4. The molecule has 1 aromatic carbocycles. The summed E-state index contributed by atoms with van der Waals surface area (Å²) in [6, 6.07) is 4.17. The van der Waals surface area contributed by atoms with Crippen LogP contribution in [0.25, 0.3) is 0 Å². The van der Waals surface area contributed by atoms with Crippen molar-refractivity contribution in [2.24, 2.45) is 5.73 Å². The van der Waals surface area contributed by atoms with Gasteiger partial charge in [-0.25, -0.2) is 4.39 Å². The minimum absolute atomic E-state index is 0.143. The third-order valence-corrected chi connectivity index (χ3v) is 3.05. The zero-order valence-electron chi connectivity index (χ0n) is 11.6. The fraction of sp³-hybridized carbons (Fsp3) is 0.500. The molecule has 6 heteroatoms. The Morgan fingerprint density at radius 3 is 3.00 bits per heavy atom. The third-order valence-electron chi connectivity index (χ3n) is 3.05. The number of primary amides is 1. The van der Waals surface area contributed by atoms with Crippen molar-refractivity contribution in [3.8, 4) is 5.75 Å². The summed E-state index contributed by atoms with van der Waals surface area (Å²) in [5.41, 5.74) is 4.66. The van der Waals surface area contributed by atoms with Crippen LogP contribution in [-0.2, 0) is 4.74 Å². The quantitative estimate of drug-likeness (QED) is 0.866. The van der Waals surface area contributed by atoms with Gasteiger partial charge in [0.1, 0.15) is 29.8 Å². The number of hydrogen-bond donors (Lipinski definition) is 2. The van der Waals surface area contributed by atoms with Crippen LogP contribution in [0.3, 0.4) is 0 Å². The van der Waals surface area contributed by atoms with Crippen molar-refractivity contribution < 1.29 is 18.7 Å². The van der Waals surface area contributed by atoms with E-state index in [0.29, 0.717) is 6.54 Å². The van der Waals surface area contributed by atoms with Gasteiger partial charge in [-0.15, -0.1) is 0 Å². The summed E-state index contributed by atoms with van der Waals surface area (Å²) in [5.74, 6) is -1.39. The van der Waals surface area contributed by atoms with Gasteiger partial charge in [0, 0.05) is 13.1 Å². The Bertz CT molecular complexity index is 505. The molecule has 20 heavy (non-hydrogen) atoms. The maximum Gasteiger partial charge on any atom is 0.255 e. The average molecular weight is 282 g/mol. The van der Waals surface area contributed by atoms with Crippen LogP contribution in [0.5, 0.6) is 5.75 Å². The molecule has 1 aromatic rings. The van der Waals surface area contributed by atoms with Gasteiger partial charge in [-0.05, 0) is 26.0 Å². The highest BCUT2D eigenvalue weighted by atomic mass is 19.1. The summed E-state index contributed by atoms with van der Waals surface area (Å²) in [5, 5.41) is 3.24. The predicted octanol–water partition coefficient (Wildman–Crippen LogP) is 1.07. The second-order valence-corrected chi connectivity index (χ2v) is 5.42. The van der Waals surface area contributed by atoms with E-state index < -0.39 is 11.7 Å². The van der Waals surface area contributed by atoms with Crippen molar-refractivity contribution in [1.29, 1.82) is 0 Å². The van der Waals surface area contributed by atoms with Gasteiger partial charge < -0.3 is 20.5 Å². The van der Waals surface area contributed by atoms with Crippen molar-refractivity contribution in [2.45, 2.75) is 25.6 Å². The second-order valence-electron chi connectivity index (χ2n) is 5.42. The van der Waals surface area contributed by atoms with Crippen molar-refractivity contribution in [2.75, 3.05) is 19.7 Å². The highest BCUT2D eigenvalue weighted by molar-refractivity contribution is 5.95. The van der Waals surface area contributed by atoms with Gasteiger partial charge in [0.15, 0.2) is 0 Å². The van der Waals surface area contributed by atoms with Crippen LogP contribution in [0.4, 0.5) is 4.39 Å². The molecule has 0 saturated carbocycles. The lowest BCUT2D eigenvalue weighted by atomic mass is 10.1. The molecule has 1 amide bonds. The molecule has 1 fully saturated rings. The Hall–Kier alpha value is -1.66. The first-order valence-electron chi connectivity index (χ1n) is 6.49. The molecule has 3 N–H and O–H groups in total. The van der Waals surface area contributed by atoms with E-state index >= 15 is 0 Å². The maximum atomic E-state index is 13.6. The van der Waals surface area contributed by atoms with Crippen LogP contribution in [-0.4, -0.2) is 37.3 Å². The molecule has 1 saturated heterocycles.